The van der Waals surface area contributed by atoms with E-state index in [1.807, 2.05) is 25.1 Å². The van der Waals surface area contributed by atoms with Crippen molar-refractivity contribution in [2.45, 2.75) is 13.5 Å². The van der Waals surface area contributed by atoms with E-state index in [9.17, 15) is 19.5 Å². The van der Waals surface area contributed by atoms with Crippen LogP contribution in [0.2, 0.25) is 5.02 Å². The number of benzene rings is 2. The molecule has 0 aliphatic carbocycles. The van der Waals surface area contributed by atoms with Gasteiger partial charge in [0.05, 0.1) is 21.7 Å². The van der Waals surface area contributed by atoms with Gasteiger partial charge in [-0.1, -0.05) is 47.5 Å². The Morgan fingerprint density at radius 3 is 2.68 bits per heavy atom. The predicted octanol–water partition coefficient (Wildman–Crippen LogP) is 4.42. The van der Waals surface area contributed by atoms with Crippen LogP contribution in [0.15, 0.2) is 58.7 Å². The number of aryl methyl sites for hydroxylation is 1. The summed E-state index contributed by atoms with van der Waals surface area (Å²) in [5.41, 5.74) is 1.30. The summed E-state index contributed by atoms with van der Waals surface area (Å²) in [4.78, 5) is 42.5. The summed E-state index contributed by atoms with van der Waals surface area (Å²) in [6.45, 7) is 1.55. The maximum atomic E-state index is 13.3. The molecular weight excluding hydrogens is 438 g/mol. The van der Waals surface area contributed by atoms with Crippen molar-refractivity contribution in [2.24, 2.45) is 0 Å². The molecule has 0 atom stereocenters. The van der Waals surface area contributed by atoms with Gasteiger partial charge < -0.3 is 10.4 Å². The lowest BCUT2D eigenvalue weighted by Crippen LogP contribution is -2.30. The van der Waals surface area contributed by atoms with Crippen molar-refractivity contribution >= 4 is 50.7 Å². The Labute approximate surface area is 185 Å². The van der Waals surface area contributed by atoms with Crippen LogP contribution in [0.25, 0.3) is 21.6 Å². The van der Waals surface area contributed by atoms with Crippen LogP contribution < -0.4 is 10.9 Å². The standard InChI is InChI=1S/C22H16ClN3O4S/c1-12-5-4-6-13(9-12)19-25-20-18(14(11-31-20)22(29)30)21(28)26(19)10-17(27)24-16-8-3-2-7-15(16)23/h2-9,11H,10H2,1H3,(H,24,27)(H,29,30). The van der Waals surface area contributed by atoms with Crippen LogP contribution >= 0.6 is 22.9 Å². The number of nitrogens with one attached hydrogen (secondary N) is 1. The van der Waals surface area contributed by atoms with E-state index in [0.29, 0.717) is 21.1 Å². The van der Waals surface area contributed by atoms with Crippen LogP contribution in [-0.4, -0.2) is 26.5 Å². The summed E-state index contributed by atoms with van der Waals surface area (Å²) < 4.78 is 1.20. The maximum Gasteiger partial charge on any atom is 0.337 e. The van der Waals surface area contributed by atoms with Crippen molar-refractivity contribution in [2.75, 3.05) is 5.32 Å². The van der Waals surface area contributed by atoms with Gasteiger partial charge in [0.15, 0.2) is 0 Å². The van der Waals surface area contributed by atoms with Crippen LogP contribution in [-0.2, 0) is 11.3 Å². The minimum absolute atomic E-state index is 0.0144. The van der Waals surface area contributed by atoms with Gasteiger partial charge in [0.1, 0.15) is 17.2 Å². The molecule has 2 aromatic heterocycles. The third kappa shape index (κ3) is 4.08. The summed E-state index contributed by atoms with van der Waals surface area (Å²) in [6.07, 6.45) is 0. The minimum atomic E-state index is -1.22. The predicted molar refractivity (Wildman–Crippen MR) is 121 cm³/mol. The van der Waals surface area contributed by atoms with Gasteiger partial charge in [-0.05, 0) is 25.1 Å². The number of nitrogens with zero attached hydrogens (tertiary/aromatic N) is 2. The second kappa shape index (κ2) is 8.33. The molecule has 4 rings (SSSR count). The van der Waals surface area contributed by atoms with Crippen molar-refractivity contribution < 1.29 is 14.7 Å². The zero-order valence-electron chi connectivity index (χ0n) is 16.3. The lowest BCUT2D eigenvalue weighted by atomic mass is 10.1. The van der Waals surface area contributed by atoms with Gasteiger partial charge in [-0.15, -0.1) is 11.3 Å². The molecule has 2 N–H and O–H groups in total. The highest BCUT2D eigenvalue weighted by Gasteiger charge is 2.22. The second-order valence-corrected chi connectivity index (χ2v) is 8.12. The normalized spacial score (nSPS) is 10.9. The van der Waals surface area contributed by atoms with E-state index in [2.05, 4.69) is 10.3 Å². The Hall–Kier alpha value is -3.49. The zero-order chi connectivity index (χ0) is 22.1. The van der Waals surface area contributed by atoms with Crippen LogP contribution in [0, 0.1) is 6.92 Å². The topological polar surface area (TPSA) is 101 Å². The lowest BCUT2D eigenvalue weighted by Gasteiger charge is -2.14. The number of amides is 1. The fourth-order valence-electron chi connectivity index (χ4n) is 3.23. The number of halogens is 1. The van der Waals surface area contributed by atoms with E-state index in [0.717, 1.165) is 16.9 Å². The van der Waals surface area contributed by atoms with Crippen LogP contribution in [0.3, 0.4) is 0 Å². The van der Waals surface area contributed by atoms with Gasteiger partial charge in [-0.25, -0.2) is 9.78 Å². The van der Waals surface area contributed by atoms with Crippen LogP contribution in [0.4, 0.5) is 5.69 Å². The van der Waals surface area contributed by atoms with E-state index in [4.69, 9.17) is 11.6 Å². The SMILES string of the molecule is Cc1cccc(-c2nc3scc(C(=O)O)c3c(=O)n2CC(=O)Nc2ccccc2Cl)c1. The maximum absolute atomic E-state index is 13.3. The number of hydrogen-bond donors (Lipinski definition) is 2. The summed E-state index contributed by atoms with van der Waals surface area (Å²) >= 11 is 7.19. The second-order valence-electron chi connectivity index (χ2n) is 6.86. The van der Waals surface area contributed by atoms with E-state index < -0.39 is 17.4 Å². The van der Waals surface area contributed by atoms with Crippen LogP contribution in [0.5, 0.6) is 0 Å². The van der Waals surface area contributed by atoms with Crippen molar-refractivity contribution in [1.82, 2.24) is 9.55 Å². The van der Waals surface area contributed by atoms with Gasteiger partial charge in [0, 0.05) is 10.9 Å². The van der Waals surface area contributed by atoms with Gasteiger partial charge in [0.25, 0.3) is 5.56 Å². The Morgan fingerprint density at radius 1 is 1.19 bits per heavy atom. The summed E-state index contributed by atoms with van der Waals surface area (Å²) in [5, 5.41) is 13.9. The molecule has 0 fully saturated rings. The monoisotopic (exact) mass is 453 g/mol. The van der Waals surface area contributed by atoms with E-state index in [-0.39, 0.29) is 23.3 Å². The smallest absolute Gasteiger partial charge is 0.337 e. The third-order valence-corrected chi connectivity index (χ3v) is 5.85. The highest BCUT2D eigenvalue weighted by Crippen LogP contribution is 2.26. The number of aromatic carboxylic acids is 1. The fraction of sp³-hybridized carbons (Fsp3) is 0.0909. The minimum Gasteiger partial charge on any atom is -0.478 e. The van der Waals surface area contributed by atoms with Gasteiger partial charge >= 0.3 is 5.97 Å². The number of para-hydroxylation sites is 1. The molecule has 4 aromatic rings. The number of rotatable bonds is 5. The highest BCUT2D eigenvalue weighted by atomic mass is 35.5. The third-order valence-electron chi connectivity index (χ3n) is 4.65. The first-order valence-corrected chi connectivity index (χ1v) is 10.5. The summed E-state index contributed by atoms with van der Waals surface area (Å²) in [6, 6.07) is 14.1. The quantitative estimate of drug-likeness (QED) is 0.465. The zero-order valence-corrected chi connectivity index (χ0v) is 17.8. The highest BCUT2D eigenvalue weighted by molar-refractivity contribution is 7.17. The summed E-state index contributed by atoms with van der Waals surface area (Å²) in [7, 11) is 0. The molecular formula is C22H16ClN3O4S. The Kier molecular flexibility index (Phi) is 5.58. The first kappa shape index (κ1) is 20.8. The first-order chi connectivity index (χ1) is 14.8. The Bertz CT molecular complexity index is 1390. The average Bonchev–Trinajstić information content (AvgIpc) is 3.16. The molecule has 0 saturated heterocycles. The molecule has 7 nitrogen and oxygen atoms in total. The van der Waals surface area contributed by atoms with Crippen molar-refractivity contribution in [3.63, 3.8) is 0 Å². The van der Waals surface area contributed by atoms with E-state index in [1.165, 1.54) is 9.95 Å². The Balaban J connectivity index is 1.85. The van der Waals surface area contributed by atoms with Crippen LogP contribution in [0.1, 0.15) is 15.9 Å². The van der Waals surface area contributed by atoms with Gasteiger partial charge in [0.2, 0.25) is 5.91 Å². The van der Waals surface area contributed by atoms with Crippen molar-refractivity contribution in [3.05, 3.63) is 80.4 Å². The van der Waals surface area contributed by atoms with E-state index >= 15 is 0 Å². The number of carboxylic acids is 1. The lowest BCUT2D eigenvalue weighted by molar-refractivity contribution is -0.116. The number of carbonyl (C=O) groups excluding carboxylic acids is 1. The molecule has 1 amide bonds. The average molecular weight is 454 g/mol. The molecule has 156 valence electrons. The van der Waals surface area contributed by atoms with E-state index in [1.54, 1.807) is 30.3 Å². The molecule has 0 aliphatic rings. The van der Waals surface area contributed by atoms with Gasteiger partial charge in [-0.3, -0.25) is 14.2 Å². The number of aromatic nitrogens is 2. The number of hydrogen-bond acceptors (Lipinski definition) is 5. The molecule has 0 bridgehead atoms. The molecule has 2 aromatic carbocycles. The number of carbonyl (C=O) groups is 2. The Morgan fingerprint density at radius 2 is 1.97 bits per heavy atom. The molecule has 9 heteroatoms. The first-order valence-electron chi connectivity index (χ1n) is 9.22. The van der Waals surface area contributed by atoms with Gasteiger partial charge in [-0.2, -0.15) is 0 Å². The number of thiophene rings is 1. The molecule has 31 heavy (non-hydrogen) atoms. The van der Waals surface area contributed by atoms with Crippen molar-refractivity contribution in [1.29, 1.82) is 0 Å². The van der Waals surface area contributed by atoms with Crippen molar-refractivity contribution in [3.8, 4) is 11.4 Å². The molecule has 0 saturated carbocycles. The summed E-state index contributed by atoms with van der Waals surface area (Å²) in [5.74, 6) is -1.42. The number of anilines is 1. The number of carboxylic acid groups (broad SMARTS) is 1. The molecule has 0 radical (unpaired) electrons. The fourth-order valence-corrected chi connectivity index (χ4v) is 4.31. The number of fused-ring (bicyclic) bond motifs is 1. The molecule has 0 aliphatic heterocycles. The molecule has 0 spiro atoms. The molecule has 0 unspecified atom stereocenters. The molecule has 2 heterocycles. The largest absolute Gasteiger partial charge is 0.478 e.